The summed E-state index contributed by atoms with van der Waals surface area (Å²) in [5.74, 6) is 0. The average molecular weight is 173 g/mol. The third-order valence-corrected chi connectivity index (χ3v) is 2.55. The Morgan fingerprint density at radius 1 is 1.23 bits per heavy atom. The van der Waals surface area contributed by atoms with Crippen LogP contribution >= 0.6 is 0 Å². The zero-order chi connectivity index (χ0) is 9.10. The lowest BCUT2D eigenvalue weighted by molar-refractivity contribution is 0.738. The first-order valence-corrected chi connectivity index (χ1v) is 4.83. The van der Waals surface area contributed by atoms with Crippen molar-refractivity contribution in [3.63, 3.8) is 0 Å². The minimum atomic E-state index is 1.02. The summed E-state index contributed by atoms with van der Waals surface area (Å²) in [4.78, 5) is 0. The van der Waals surface area contributed by atoms with E-state index in [0.29, 0.717) is 0 Å². The fourth-order valence-electron chi connectivity index (χ4n) is 1.80. The molecule has 0 spiro atoms. The molecule has 1 N–H and O–H groups in total. The van der Waals surface area contributed by atoms with Gasteiger partial charge < -0.3 is 5.32 Å². The summed E-state index contributed by atoms with van der Waals surface area (Å²) in [6.45, 7) is 4.31. The van der Waals surface area contributed by atoms with E-state index in [-0.39, 0.29) is 0 Å². The van der Waals surface area contributed by atoms with Crippen LogP contribution in [0, 0.1) is 6.92 Å². The van der Waals surface area contributed by atoms with E-state index in [0.717, 1.165) is 19.5 Å². The van der Waals surface area contributed by atoms with Gasteiger partial charge in [-0.3, -0.25) is 0 Å². The van der Waals surface area contributed by atoms with Gasteiger partial charge in [-0.15, -0.1) is 0 Å². The summed E-state index contributed by atoms with van der Waals surface area (Å²) in [6, 6.07) is 8.61. The Labute approximate surface area is 79.5 Å². The van der Waals surface area contributed by atoms with Crippen LogP contribution in [0.25, 0.3) is 5.57 Å². The summed E-state index contributed by atoms with van der Waals surface area (Å²) < 4.78 is 0. The standard InChI is InChI=1S/C12H15N/c1-10-4-2-3-5-12(10)11-6-8-13-9-7-11/h2-6,13H,7-9H2,1H3. The number of aryl methyl sites for hydroxylation is 1. The van der Waals surface area contributed by atoms with Crippen LogP contribution in [0.4, 0.5) is 0 Å². The zero-order valence-electron chi connectivity index (χ0n) is 8.01. The molecule has 1 aliphatic heterocycles. The molecule has 2 rings (SSSR count). The molecule has 0 radical (unpaired) electrons. The summed E-state index contributed by atoms with van der Waals surface area (Å²) in [6.07, 6.45) is 3.46. The van der Waals surface area contributed by atoms with Gasteiger partial charge in [0.25, 0.3) is 0 Å². The number of hydrogen-bond acceptors (Lipinski definition) is 1. The topological polar surface area (TPSA) is 12.0 Å². The predicted molar refractivity (Wildman–Crippen MR) is 56.6 cm³/mol. The van der Waals surface area contributed by atoms with Gasteiger partial charge in [-0.25, -0.2) is 0 Å². The van der Waals surface area contributed by atoms with Crippen molar-refractivity contribution in [2.75, 3.05) is 13.1 Å². The quantitative estimate of drug-likeness (QED) is 0.687. The molecule has 68 valence electrons. The molecule has 13 heavy (non-hydrogen) atoms. The summed E-state index contributed by atoms with van der Waals surface area (Å²) in [5, 5.41) is 3.33. The second-order valence-corrected chi connectivity index (χ2v) is 3.50. The molecule has 1 aromatic carbocycles. The molecule has 0 aliphatic carbocycles. The highest BCUT2D eigenvalue weighted by Gasteiger charge is 2.06. The molecule has 0 aromatic heterocycles. The van der Waals surface area contributed by atoms with Crippen molar-refractivity contribution in [2.24, 2.45) is 0 Å². The van der Waals surface area contributed by atoms with E-state index in [4.69, 9.17) is 0 Å². The Hall–Kier alpha value is -1.08. The van der Waals surface area contributed by atoms with E-state index >= 15 is 0 Å². The van der Waals surface area contributed by atoms with Gasteiger partial charge in [0.1, 0.15) is 0 Å². The van der Waals surface area contributed by atoms with Crippen LogP contribution < -0.4 is 5.32 Å². The second-order valence-electron chi connectivity index (χ2n) is 3.50. The number of benzene rings is 1. The van der Waals surface area contributed by atoms with Crippen LogP contribution in [0.3, 0.4) is 0 Å². The highest BCUT2D eigenvalue weighted by Crippen LogP contribution is 2.22. The number of hydrogen-bond donors (Lipinski definition) is 1. The maximum absolute atomic E-state index is 3.33. The van der Waals surface area contributed by atoms with Crippen molar-refractivity contribution < 1.29 is 0 Å². The van der Waals surface area contributed by atoms with Crippen LogP contribution in [-0.2, 0) is 0 Å². The Kier molecular flexibility index (Phi) is 2.46. The van der Waals surface area contributed by atoms with Gasteiger partial charge in [0, 0.05) is 6.54 Å². The SMILES string of the molecule is Cc1ccccc1C1=CCNCC1. The molecule has 1 aliphatic rings. The number of nitrogens with one attached hydrogen (secondary N) is 1. The molecular formula is C12H15N. The minimum absolute atomic E-state index is 1.02. The van der Waals surface area contributed by atoms with Gasteiger partial charge in [-0.2, -0.15) is 0 Å². The average Bonchev–Trinajstić information content (AvgIpc) is 2.20. The molecule has 0 fully saturated rings. The van der Waals surface area contributed by atoms with Crippen LogP contribution in [0.1, 0.15) is 17.5 Å². The Balaban J connectivity index is 2.34. The normalized spacial score (nSPS) is 16.8. The Bertz CT molecular complexity index is 326. The smallest absolute Gasteiger partial charge is 0.0140 e. The summed E-state index contributed by atoms with van der Waals surface area (Å²) >= 11 is 0. The molecule has 1 nitrogen and oxygen atoms in total. The van der Waals surface area contributed by atoms with E-state index < -0.39 is 0 Å². The van der Waals surface area contributed by atoms with Crippen molar-refractivity contribution in [1.29, 1.82) is 0 Å². The lowest BCUT2D eigenvalue weighted by Crippen LogP contribution is -2.20. The molecule has 1 heteroatoms. The van der Waals surface area contributed by atoms with Crippen LogP contribution in [0.15, 0.2) is 30.3 Å². The van der Waals surface area contributed by atoms with E-state index in [1.807, 2.05) is 0 Å². The monoisotopic (exact) mass is 173 g/mol. The maximum atomic E-state index is 3.33. The highest BCUT2D eigenvalue weighted by atomic mass is 14.8. The van der Waals surface area contributed by atoms with Crippen molar-refractivity contribution >= 4 is 5.57 Å². The molecule has 0 amide bonds. The van der Waals surface area contributed by atoms with Gasteiger partial charge in [-0.05, 0) is 36.6 Å². The van der Waals surface area contributed by atoms with Crippen LogP contribution in [0.5, 0.6) is 0 Å². The fraction of sp³-hybridized carbons (Fsp3) is 0.333. The van der Waals surface area contributed by atoms with Gasteiger partial charge >= 0.3 is 0 Å². The second kappa shape index (κ2) is 3.75. The summed E-state index contributed by atoms with van der Waals surface area (Å²) in [5.41, 5.74) is 4.30. The summed E-state index contributed by atoms with van der Waals surface area (Å²) in [7, 11) is 0. The highest BCUT2D eigenvalue weighted by molar-refractivity contribution is 5.68. The van der Waals surface area contributed by atoms with E-state index in [1.54, 1.807) is 0 Å². The van der Waals surface area contributed by atoms with Crippen molar-refractivity contribution in [3.8, 4) is 0 Å². The predicted octanol–water partition coefficient (Wildman–Crippen LogP) is 2.37. The minimum Gasteiger partial charge on any atom is -0.313 e. The molecule has 1 aromatic rings. The van der Waals surface area contributed by atoms with Crippen LogP contribution in [0.2, 0.25) is 0 Å². The molecular weight excluding hydrogens is 158 g/mol. The lowest BCUT2D eigenvalue weighted by atomic mass is 9.96. The Morgan fingerprint density at radius 2 is 2.08 bits per heavy atom. The molecule has 0 saturated carbocycles. The molecule has 0 atom stereocenters. The zero-order valence-corrected chi connectivity index (χ0v) is 8.01. The first-order chi connectivity index (χ1) is 6.38. The Morgan fingerprint density at radius 3 is 2.77 bits per heavy atom. The molecule has 1 heterocycles. The van der Waals surface area contributed by atoms with Crippen molar-refractivity contribution in [2.45, 2.75) is 13.3 Å². The first kappa shape index (κ1) is 8.52. The van der Waals surface area contributed by atoms with E-state index in [2.05, 4.69) is 42.6 Å². The third-order valence-electron chi connectivity index (χ3n) is 2.55. The number of rotatable bonds is 1. The van der Waals surface area contributed by atoms with Crippen molar-refractivity contribution in [3.05, 3.63) is 41.5 Å². The van der Waals surface area contributed by atoms with E-state index in [1.165, 1.54) is 16.7 Å². The molecule has 0 bridgehead atoms. The van der Waals surface area contributed by atoms with Gasteiger partial charge in [-0.1, -0.05) is 30.3 Å². The van der Waals surface area contributed by atoms with Gasteiger partial charge in [0.15, 0.2) is 0 Å². The molecule has 0 unspecified atom stereocenters. The maximum Gasteiger partial charge on any atom is 0.0140 e. The first-order valence-electron chi connectivity index (χ1n) is 4.83. The third kappa shape index (κ3) is 1.81. The van der Waals surface area contributed by atoms with E-state index in [9.17, 15) is 0 Å². The van der Waals surface area contributed by atoms with Gasteiger partial charge in [0.05, 0.1) is 0 Å². The lowest BCUT2D eigenvalue weighted by Gasteiger charge is -2.15. The van der Waals surface area contributed by atoms with Crippen molar-refractivity contribution in [1.82, 2.24) is 5.32 Å². The fourth-order valence-corrected chi connectivity index (χ4v) is 1.80. The largest absolute Gasteiger partial charge is 0.313 e. The van der Waals surface area contributed by atoms with Gasteiger partial charge in [0.2, 0.25) is 0 Å². The van der Waals surface area contributed by atoms with Crippen LogP contribution in [-0.4, -0.2) is 13.1 Å². The molecule has 0 saturated heterocycles.